The van der Waals surface area contributed by atoms with Gasteiger partial charge in [0.15, 0.2) is 17.3 Å². The number of ketones is 1. The molecule has 4 nitrogen and oxygen atoms in total. The summed E-state index contributed by atoms with van der Waals surface area (Å²) in [6.45, 7) is 1.64. The maximum absolute atomic E-state index is 12.4. The third kappa shape index (κ3) is 2.85. The molecule has 0 fully saturated rings. The molecule has 0 spiro atoms. The first kappa shape index (κ1) is 13.8. The lowest BCUT2D eigenvalue weighted by atomic mass is 10.0. The molecular formula is C16H14O4. The molecule has 0 amide bonds. The van der Waals surface area contributed by atoms with Gasteiger partial charge < -0.3 is 9.84 Å². The van der Waals surface area contributed by atoms with Gasteiger partial charge in [-0.3, -0.25) is 9.59 Å². The molecule has 4 heteroatoms. The summed E-state index contributed by atoms with van der Waals surface area (Å²) < 4.78 is 5.06. The lowest BCUT2D eigenvalue weighted by molar-refractivity contribution is -0.134. The minimum absolute atomic E-state index is 0.0896. The number of rotatable bonds is 4. The normalized spacial score (nSPS) is 10.1. The predicted octanol–water partition coefficient (Wildman–Crippen LogP) is 2.94. The number of aromatic hydroxyl groups is 1. The Bertz CT molecular complexity index is 632. The molecule has 20 heavy (non-hydrogen) atoms. The van der Waals surface area contributed by atoms with E-state index in [9.17, 15) is 14.7 Å². The fraction of sp³-hybridized carbons (Fsp3) is 0.125. The molecule has 0 heterocycles. The number of esters is 1. The molecule has 0 atom stereocenters. The van der Waals surface area contributed by atoms with Crippen molar-refractivity contribution in [1.82, 2.24) is 0 Å². The number of phenols is 1. The van der Waals surface area contributed by atoms with Crippen molar-refractivity contribution in [3.8, 4) is 11.5 Å². The van der Waals surface area contributed by atoms with Gasteiger partial charge in [0.05, 0.1) is 5.56 Å². The van der Waals surface area contributed by atoms with E-state index >= 15 is 0 Å². The van der Waals surface area contributed by atoms with Gasteiger partial charge in [-0.05, 0) is 12.1 Å². The van der Waals surface area contributed by atoms with Crippen LogP contribution in [0.2, 0.25) is 0 Å². The SMILES string of the molecule is CCC(=O)Oc1c(O)cccc1C(=O)c1ccccc1. The number of para-hydroxylation sites is 1. The lowest BCUT2D eigenvalue weighted by Crippen LogP contribution is -2.10. The molecule has 102 valence electrons. The van der Waals surface area contributed by atoms with Crippen molar-refractivity contribution < 1.29 is 19.4 Å². The molecule has 0 aliphatic carbocycles. The Balaban J connectivity index is 2.44. The van der Waals surface area contributed by atoms with E-state index in [4.69, 9.17) is 4.74 Å². The van der Waals surface area contributed by atoms with Gasteiger partial charge in [0.2, 0.25) is 0 Å². The van der Waals surface area contributed by atoms with Crippen LogP contribution in [0.25, 0.3) is 0 Å². The Kier molecular flexibility index (Phi) is 4.15. The summed E-state index contributed by atoms with van der Waals surface area (Å²) in [4.78, 5) is 23.8. The van der Waals surface area contributed by atoms with E-state index in [1.54, 1.807) is 37.3 Å². The first-order chi connectivity index (χ1) is 9.63. The van der Waals surface area contributed by atoms with Crippen LogP contribution >= 0.6 is 0 Å². The zero-order valence-corrected chi connectivity index (χ0v) is 11.0. The fourth-order valence-electron chi connectivity index (χ4n) is 1.74. The molecule has 0 saturated carbocycles. The summed E-state index contributed by atoms with van der Waals surface area (Å²) in [5.74, 6) is -1.13. The van der Waals surface area contributed by atoms with Gasteiger partial charge in [-0.15, -0.1) is 0 Å². The van der Waals surface area contributed by atoms with Gasteiger partial charge in [-0.1, -0.05) is 43.3 Å². The van der Waals surface area contributed by atoms with E-state index < -0.39 is 5.97 Å². The highest BCUT2D eigenvalue weighted by molar-refractivity contribution is 6.11. The van der Waals surface area contributed by atoms with Crippen LogP contribution in [0.5, 0.6) is 11.5 Å². The zero-order chi connectivity index (χ0) is 14.5. The van der Waals surface area contributed by atoms with E-state index in [1.165, 1.54) is 18.2 Å². The number of hydrogen-bond donors (Lipinski definition) is 1. The van der Waals surface area contributed by atoms with Crippen molar-refractivity contribution in [3.05, 3.63) is 59.7 Å². The number of benzene rings is 2. The monoisotopic (exact) mass is 270 g/mol. The minimum atomic E-state index is -0.506. The Morgan fingerprint density at radius 3 is 2.40 bits per heavy atom. The molecule has 0 saturated heterocycles. The van der Waals surface area contributed by atoms with E-state index in [0.717, 1.165) is 0 Å². The van der Waals surface area contributed by atoms with Crippen LogP contribution in [0.15, 0.2) is 48.5 Å². The molecule has 0 radical (unpaired) electrons. The van der Waals surface area contributed by atoms with Crippen molar-refractivity contribution in [2.45, 2.75) is 13.3 Å². The Labute approximate surface area is 116 Å². The molecule has 2 aromatic carbocycles. The molecule has 2 rings (SSSR count). The fourth-order valence-corrected chi connectivity index (χ4v) is 1.74. The third-order valence-corrected chi connectivity index (χ3v) is 2.78. The molecule has 0 bridgehead atoms. The summed E-state index contributed by atoms with van der Waals surface area (Å²) in [5.41, 5.74) is 0.630. The number of carbonyl (C=O) groups excluding carboxylic acids is 2. The topological polar surface area (TPSA) is 63.6 Å². The molecule has 0 aromatic heterocycles. The van der Waals surface area contributed by atoms with E-state index in [0.29, 0.717) is 5.56 Å². The lowest BCUT2D eigenvalue weighted by Gasteiger charge is -2.10. The molecule has 2 aromatic rings. The van der Waals surface area contributed by atoms with Crippen LogP contribution in [0.3, 0.4) is 0 Å². The third-order valence-electron chi connectivity index (χ3n) is 2.78. The number of carbonyl (C=O) groups is 2. The first-order valence-electron chi connectivity index (χ1n) is 6.26. The van der Waals surface area contributed by atoms with Crippen molar-refractivity contribution in [1.29, 1.82) is 0 Å². The summed E-state index contributed by atoms with van der Waals surface area (Å²) >= 11 is 0. The maximum atomic E-state index is 12.4. The second-order valence-corrected chi connectivity index (χ2v) is 4.18. The van der Waals surface area contributed by atoms with Gasteiger partial charge in [0, 0.05) is 12.0 Å². The minimum Gasteiger partial charge on any atom is -0.504 e. The van der Waals surface area contributed by atoms with Crippen LogP contribution in [0.4, 0.5) is 0 Å². The van der Waals surface area contributed by atoms with Gasteiger partial charge in [0.25, 0.3) is 0 Å². The highest BCUT2D eigenvalue weighted by atomic mass is 16.5. The predicted molar refractivity (Wildman–Crippen MR) is 73.9 cm³/mol. The Hall–Kier alpha value is -2.62. The Morgan fingerprint density at radius 2 is 1.75 bits per heavy atom. The molecular weight excluding hydrogens is 256 g/mol. The van der Waals surface area contributed by atoms with Crippen LogP contribution in [-0.4, -0.2) is 16.9 Å². The van der Waals surface area contributed by atoms with Crippen molar-refractivity contribution in [2.75, 3.05) is 0 Å². The smallest absolute Gasteiger partial charge is 0.311 e. The second-order valence-electron chi connectivity index (χ2n) is 4.18. The van der Waals surface area contributed by atoms with E-state index in [2.05, 4.69) is 0 Å². The molecule has 0 aliphatic rings. The number of phenolic OH excluding ortho intramolecular Hbond substituents is 1. The number of hydrogen-bond acceptors (Lipinski definition) is 4. The van der Waals surface area contributed by atoms with E-state index in [-0.39, 0.29) is 29.3 Å². The van der Waals surface area contributed by atoms with Crippen LogP contribution in [-0.2, 0) is 4.79 Å². The largest absolute Gasteiger partial charge is 0.504 e. The molecule has 0 unspecified atom stereocenters. The average molecular weight is 270 g/mol. The average Bonchev–Trinajstić information content (AvgIpc) is 2.49. The second kappa shape index (κ2) is 6.02. The quantitative estimate of drug-likeness (QED) is 0.527. The summed E-state index contributed by atoms with van der Waals surface area (Å²) in [7, 11) is 0. The molecule has 0 aliphatic heterocycles. The Morgan fingerprint density at radius 1 is 1.05 bits per heavy atom. The highest BCUT2D eigenvalue weighted by Crippen LogP contribution is 2.32. The van der Waals surface area contributed by atoms with Crippen LogP contribution in [0, 0.1) is 0 Å². The van der Waals surface area contributed by atoms with Gasteiger partial charge in [-0.2, -0.15) is 0 Å². The van der Waals surface area contributed by atoms with Crippen LogP contribution in [0.1, 0.15) is 29.3 Å². The van der Waals surface area contributed by atoms with Crippen molar-refractivity contribution >= 4 is 11.8 Å². The summed E-state index contributed by atoms with van der Waals surface area (Å²) in [6.07, 6.45) is 0.160. The summed E-state index contributed by atoms with van der Waals surface area (Å²) in [6, 6.07) is 13.1. The maximum Gasteiger partial charge on any atom is 0.311 e. The number of ether oxygens (including phenoxy) is 1. The summed E-state index contributed by atoms with van der Waals surface area (Å²) in [5, 5.41) is 9.80. The zero-order valence-electron chi connectivity index (χ0n) is 11.0. The van der Waals surface area contributed by atoms with Crippen LogP contribution < -0.4 is 4.74 Å². The molecule has 1 N–H and O–H groups in total. The van der Waals surface area contributed by atoms with Gasteiger partial charge in [-0.25, -0.2) is 0 Å². The standard InChI is InChI=1S/C16H14O4/c1-2-14(18)20-16-12(9-6-10-13(16)17)15(19)11-7-4-3-5-8-11/h3-10,17H,2H2,1H3. The first-order valence-corrected chi connectivity index (χ1v) is 6.26. The highest BCUT2D eigenvalue weighted by Gasteiger charge is 2.19. The van der Waals surface area contributed by atoms with Crippen molar-refractivity contribution in [2.24, 2.45) is 0 Å². The van der Waals surface area contributed by atoms with Gasteiger partial charge in [0.1, 0.15) is 0 Å². The van der Waals surface area contributed by atoms with E-state index in [1.807, 2.05) is 0 Å². The van der Waals surface area contributed by atoms with Crippen molar-refractivity contribution in [3.63, 3.8) is 0 Å². The van der Waals surface area contributed by atoms with Gasteiger partial charge >= 0.3 is 5.97 Å².